The predicted octanol–water partition coefficient (Wildman–Crippen LogP) is 0.929. The Kier molecular flexibility index (Phi) is 5.10. The largest absolute Gasteiger partial charge is 0.380 e. The standard InChI is InChI=1S/C15H16N6O3S/c1-21-15(18-19-20-21)25-8-14(23)16-10-3-4-11-9(7-24-2)5-13(22)17-12(11)6-10/h3-6H,7-8H2,1-2H3,(H,16,23)(H,17,22). The van der Waals surface area contributed by atoms with Crippen LogP contribution in [0.2, 0.25) is 0 Å². The molecule has 1 amide bonds. The van der Waals surface area contributed by atoms with Crippen LogP contribution in [0.15, 0.2) is 34.2 Å². The number of aryl methyl sites for hydroxylation is 1. The average Bonchev–Trinajstić information content (AvgIpc) is 2.98. The van der Waals surface area contributed by atoms with Gasteiger partial charge in [-0.15, -0.1) is 5.10 Å². The van der Waals surface area contributed by atoms with Gasteiger partial charge in [0.25, 0.3) is 0 Å². The zero-order valence-corrected chi connectivity index (χ0v) is 14.5. The lowest BCUT2D eigenvalue weighted by Gasteiger charge is -2.09. The van der Waals surface area contributed by atoms with E-state index in [4.69, 9.17) is 4.74 Å². The predicted molar refractivity (Wildman–Crippen MR) is 93.4 cm³/mol. The number of pyridine rings is 1. The summed E-state index contributed by atoms with van der Waals surface area (Å²) in [5, 5.41) is 15.3. The molecule has 10 heteroatoms. The van der Waals surface area contributed by atoms with E-state index in [1.165, 1.54) is 22.5 Å². The number of nitrogens with one attached hydrogen (secondary N) is 2. The summed E-state index contributed by atoms with van der Waals surface area (Å²) < 4.78 is 6.62. The van der Waals surface area contributed by atoms with Gasteiger partial charge >= 0.3 is 0 Å². The van der Waals surface area contributed by atoms with Crippen LogP contribution in [-0.4, -0.2) is 44.0 Å². The molecule has 0 aliphatic carbocycles. The number of aromatic nitrogens is 5. The van der Waals surface area contributed by atoms with Crippen molar-refractivity contribution in [3.8, 4) is 0 Å². The maximum atomic E-state index is 12.1. The third-order valence-corrected chi connectivity index (χ3v) is 4.44. The molecule has 0 saturated carbocycles. The van der Waals surface area contributed by atoms with Gasteiger partial charge < -0.3 is 15.0 Å². The summed E-state index contributed by atoms with van der Waals surface area (Å²) in [5.41, 5.74) is 1.82. The first-order chi connectivity index (χ1) is 12.1. The third-order valence-electron chi connectivity index (χ3n) is 3.43. The molecule has 0 atom stereocenters. The quantitative estimate of drug-likeness (QED) is 0.628. The molecule has 2 N–H and O–H groups in total. The molecule has 25 heavy (non-hydrogen) atoms. The van der Waals surface area contributed by atoms with E-state index in [1.54, 1.807) is 26.3 Å². The molecule has 3 rings (SSSR count). The summed E-state index contributed by atoms with van der Waals surface area (Å²) in [5.74, 6) is -0.0188. The summed E-state index contributed by atoms with van der Waals surface area (Å²) in [6.07, 6.45) is 0. The number of thioether (sulfide) groups is 1. The molecule has 0 spiro atoms. The first kappa shape index (κ1) is 17.1. The van der Waals surface area contributed by atoms with Crippen molar-refractivity contribution < 1.29 is 9.53 Å². The van der Waals surface area contributed by atoms with Crippen LogP contribution in [0, 0.1) is 0 Å². The molecule has 0 fully saturated rings. The maximum absolute atomic E-state index is 12.1. The second-order valence-electron chi connectivity index (χ2n) is 5.27. The first-order valence-electron chi connectivity index (χ1n) is 7.36. The van der Waals surface area contributed by atoms with E-state index in [0.29, 0.717) is 23.0 Å². The summed E-state index contributed by atoms with van der Waals surface area (Å²) >= 11 is 1.24. The second-order valence-corrected chi connectivity index (χ2v) is 6.22. The summed E-state index contributed by atoms with van der Waals surface area (Å²) in [6, 6.07) is 6.86. The van der Waals surface area contributed by atoms with Gasteiger partial charge in [0.15, 0.2) is 0 Å². The van der Waals surface area contributed by atoms with Gasteiger partial charge in [-0.1, -0.05) is 17.8 Å². The molecule has 0 aliphatic heterocycles. The van der Waals surface area contributed by atoms with Gasteiger partial charge in [-0.2, -0.15) is 0 Å². The number of fused-ring (bicyclic) bond motifs is 1. The number of carbonyl (C=O) groups is 1. The van der Waals surface area contributed by atoms with Gasteiger partial charge in [0.1, 0.15) is 0 Å². The van der Waals surface area contributed by atoms with Gasteiger partial charge in [-0.05, 0) is 28.1 Å². The second kappa shape index (κ2) is 7.45. The Morgan fingerprint density at radius 1 is 1.40 bits per heavy atom. The zero-order valence-electron chi connectivity index (χ0n) is 13.6. The van der Waals surface area contributed by atoms with Crippen molar-refractivity contribution >= 4 is 34.3 Å². The van der Waals surface area contributed by atoms with E-state index in [0.717, 1.165) is 10.9 Å². The van der Waals surface area contributed by atoms with Crippen LogP contribution in [0.25, 0.3) is 10.9 Å². The van der Waals surface area contributed by atoms with Crippen molar-refractivity contribution in [3.05, 3.63) is 40.2 Å². The van der Waals surface area contributed by atoms with Gasteiger partial charge in [0.05, 0.1) is 17.9 Å². The number of anilines is 1. The molecule has 130 valence electrons. The molecule has 0 bridgehead atoms. The number of methoxy groups -OCH3 is 1. The molecule has 2 heterocycles. The Morgan fingerprint density at radius 3 is 2.96 bits per heavy atom. The number of rotatable bonds is 6. The number of nitrogens with zero attached hydrogens (tertiary/aromatic N) is 4. The molecule has 0 radical (unpaired) electrons. The third kappa shape index (κ3) is 4.03. The molecule has 0 aliphatic rings. The van der Waals surface area contributed by atoms with E-state index < -0.39 is 0 Å². The lowest BCUT2D eigenvalue weighted by atomic mass is 10.1. The van der Waals surface area contributed by atoms with Crippen molar-refractivity contribution in [2.24, 2.45) is 7.05 Å². The highest BCUT2D eigenvalue weighted by atomic mass is 32.2. The van der Waals surface area contributed by atoms with Crippen LogP contribution < -0.4 is 10.9 Å². The van der Waals surface area contributed by atoms with Crippen LogP contribution >= 0.6 is 11.8 Å². The summed E-state index contributed by atoms with van der Waals surface area (Å²) in [7, 11) is 3.28. The van der Waals surface area contributed by atoms with Crippen molar-refractivity contribution in [1.82, 2.24) is 25.2 Å². The average molecular weight is 360 g/mol. The van der Waals surface area contributed by atoms with Gasteiger partial charge in [0.2, 0.25) is 16.6 Å². The van der Waals surface area contributed by atoms with Crippen LogP contribution in [0.4, 0.5) is 5.69 Å². The minimum absolute atomic E-state index is 0.173. The number of benzene rings is 1. The Hall–Kier alpha value is -2.72. The zero-order chi connectivity index (χ0) is 17.8. The van der Waals surface area contributed by atoms with Crippen LogP contribution in [0.3, 0.4) is 0 Å². The first-order valence-corrected chi connectivity index (χ1v) is 8.35. The molecule has 0 saturated heterocycles. The number of hydrogen-bond acceptors (Lipinski definition) is 7. The highest BCUT2D eigenvalue weighted by molar-refractivity contribution is 7.99. The molecule has 0 unspecified atom stereocenters. The molecule has 2 aromatic heterocycles. The van der Waals surface area contributed by atoms with Crippen molar-refractivity contribution in [2.75, 3.05) is 18.2 Å². The monoisotopic (exact) mass is 360 g/mol. The van der Waals surface area contributed by atoms with Crippen molar-refractivity contribution in [1.29, 1.82) is 0 Å². The lowest BCUT2D eigenvalue weighted by Crippen LogP contribution is -2.15. The van der Waals surface area contributed by atoms with E-state index in [2.05, 4.69) is 25.8 Å². The topological polar surface area (TPSA) is 115 Å². The van der Waals surface area contributed by atoms with Crippen LogP contribution in [0.1, 0.15) is 5.56 Å². The van der Waals surface area contributed by atoms with Crippen LogP contribution in [0.5, 0.6) is 0 Å². The summed E-state index contributed by atoms with van der Waals surface area (Å²) in [6.45, 7) is 0.342. The molecular formula is C15H16N6O3S. The van der Waals surface area contributed by atoms with Crippen molar-refractivity contribution in [3.63, 3.8) is 0 Å². The fraction of sp³-hybridized carbons (Fsp3) is 0.267. The van der Waals surface area contributed by atoms with Gasteiger partial charge in [0, 0.05) is 31.3 Å². The normalized spacial score (nSPS) is 11.0. The van der Waals surface area contributed by atoms with E-state index in [9.17, 15) is 9.59 Å². The number of H-pyrrole nitrogens is 1. The van der Waals surface area contributed by atoms with E-state index in [1.807, 2.05) is 6.07 Å². The van der Waals surface area contributed by atoms with Gasteiger partial charge in [-0.25, -0.2) is 4.68 Å². The fourth-order valence-electron chi connectivity index (χ4n) is 2.36. The Labute approximate surface area is 146 Å². The molecule has 3 aromatic rings. The Balaban J connectivity index is 1.74. The fourth-order valence-corrected chi connectivity index (χ4v) is 3.01. The minimum Gasteiger partial charge on any atom is -0.380 e. The van der Waals surface area contributed by atoms with Crippen molar-refractivity contribution in [2.45, 2.75) is 11.8 Å². The molecular weight excluding hydrogens is 344 g/mol. The number of ether oxygens (including phenoxy) is 1. The number of tetrazole rings is 1. The van der Waals surface area contributed by atoms with Gasteiger partial charge in [-0.3, -0.25) is 9.59 Å². The molecule has 9 nitrogen and oxygen atoms in total. The smallest absolute Gasteiger partial charge is 0.248 e. The number of hydrogen-bond donors (Lipinski definition) is 2. The number of carbonyl (C=O) groups excluding carboxylic acids is 1. The lowest BCUT2D eigenvalue weighted by molar-refractivity contribution is -0.113. The van der Waals surface area contributed by atoms with E-state index >= 15 is 0 Å². The van der Waals surface area contributed by atoms with Crippen LogP contribution in [-0.2, 0) is 23.2 Å². The molecule has 1 aromatic carbocycles. The number of amides is 1. The highest BCUT2D eigenvalue weighted by Crippen LogP contribution is 2.21. The highest BCUT2D eigenvalue weighted by Gasteiger charge is 2.09. The number of aromatic amines is 1. The minimum atomic E-state index is -0.214. The Bertz CT molecular complexity index is 967. The maximum Gasteiger partial charge on any atom is 0.248 e. The SMILES string of the molecule is COCc1cc(=O)[nH]c2cc(NC(=O)CSc3nnnn3C)ccc12. The summed E-state index contributed by atoms with van der Waals surface area (Å²) in [4.78, 5) is 26.6. The van der Waals surface area contributed by atoms with E-state index in [-0.39, 0.29) is 17.2 Å². The Morgan fingerprint density at radius 2 is 2.24 bits per heavy atom.